The number of rotatable bonds is 3. The van der Waals surface area contributed by atoms with Crippen molar-refractivity contribution in [3.05, 3.63) is 11.8 Å². The van der Waals surface area contributed by atoms with Gasteiger partial charge in [0.2, 0.25) is 11.9 Å². The quantitative estimate of drug-likeness (QED) is 0.817. The summed E-state index contributed by atoms with van der Waals surface area (Å²) in [5.41, 5.74) is 1.03. The summed E-state index contributed by atoms with van der Waals surface area (Å²) >= 11 is 0. The van der Waals surface area contributed by atoms with Gasteiger partial charge in [-0.25, -0.2) is 4.98 Å². The van der Waals surface area contributed by atoms with E-state index in [2.05, 4.69) is 27.7 Å². The van der Waals surface area contributed by atoms with Gasteiger partial charge >= 0.3 is 0 Å². The Bertz CT molecular complexity index is 646. The molecule has 7 heteroatoms. The molecule has 3 saturated heterocycles. The highest BCUT2D eigenvalue weighted by atomic mass is 16.5. The van der Waals surface area contributed by atoms with E-state index in [0.717, 1.165) is 62.9 Å². The Hall–Kier alpha value is -1.89. The molecule has 3 aliphatic rings. The number of fused-ring (bicyclic) bond motifs is 1. The average Bonchev–Trinajstić information content (AvgIpc) is 3.13. The van der Waals surface area contributed by atoms with Gasteiger partial charge in [-0.2, -0.15) is 4.98 Å². The highest BCUT2D eigenvalue weighted by molar-refractivity contribution is 5.86. The highest BCUT2D eigenvalue weighted by Gasteiger charge is 2.41. The molecule has 0 bridgehead atoms. The number of aromatic nitrogens is 2. The van der Waals surface area contributed by atoms with Gasteiger partial charge in [-0.1, -0.05) is 6.92 Å². The Morgan fingerprint density at radius 1 is 1.20 bits per heavy atom. The Balaban J connectivity index is 1.65. The number of ether oxygens (including phenoxy) is 1. The van der Waals surface area contributed by atoms with E-state index in [1.807, 2.05) is 6.92 Å². The second-order valence-electron chi connectivity index (χ2n) is 7.13. The molecule has 0 saturated carbocycles. The molecule has 25 heavy (non-hydrogen) atoms. The van der Waals surface area contributed by atoms with Crippen LogP contribution in [0.25, 0.3) is 0 Å². The molecule has 0 spiro atoms. The number of carbonyl (C=O) groups is 1. The summed E-state index contributed by atoms with van der Waals surface area (Å²) in [4.78, 5) is 28.7. The van der Waals surface area contributed by atoms with Gasteiger partial charge in [-0.05, 0) is 26.2 Å². The Morgan fingerprint density at radius 3 is 2.76 bits per heavy atom. The first kappa shape index (κ1) is 16.6. The monoisotopic (exact) mass is 345 g/mol. The average molecular weight is 345 g/mol. The highest BCUT2D eigenvalue weighted by Crippen LogP contribution is 2.30. The number of anilines is 2. The summed E-state index contributed by atoms with van der Waals surface area (Å²) in [7, 11) is 0. The maximum absolute atomic E-state index is 12.7. The smallest absolute Gasteiger partial charge is 0.245 e. The van der Waals surface area contributed by atoms with Crippen molar-refractivity contribution in [3.8, 4) is 0 Å². The van der Waals surface area contributed by atoms with E-state index in [9.17, 15) is 4.79 Å². The first-order valence-corrected chi connectivity index (χ1v) is 9.45. The van der Waals surface area contributed by atoms with Crippen molar-refractivity contribution in [2.45, 2.75) is 45.2 Å². The molecule has 3 aliphatic heterocycles. The maximum Gasteiger partial charge on any atom is 0.245 e. The summed E-state index contributed by atoms with van der Waals surface area (Å²) in [6.45, 7) is 8.95. The van der Waals surface area contributed by atoms with Crippen LogP contribution in [0.2, 0.25) is 0 Å². The van der Waals surface area contributed by atoms with Crippen molar-refractivity contribution >= 4 is 17.7 Å². The van der Waals surface area contributed by atoms with Crippen molar-refractivity contribution < 1.29 is 9.53 Å². The van der Waals surface area contributed by atoms with Crippen molar-refractivity contribution in [3.63, 3.8) is 0 Å². The number of nitrogens with zero attached hydrogens (tertiary/aromatic N) is 5. The van der Waals surface area contributed by atoms with Crippen LogP contribution in [0.4, 0.5) is 11.8 Å². The Kier molecular flexibility index (Phi) is 4.50. The SMILES string of the molecule is CCc1cc(N2C[C@@H]3CCCN3C(=O)[C@H]2C)nc(N2CCOCC2)n1. The molecule has 1 amide bonds. The molecule has 7 nitrogen and oxygen atoms in total. The van der Waals surface area contributed by atoms with Gasteiger partial charge in [0.15, 0.2) is 0 Å². The van der Waals surface area contributed by atoms with Crippen LogP contribution in [0.1, 0.15) is 32.4 Å². The molecule has 136 valence electrons. The van der Waals surface area contributed by atoms with Gasteiger partial charge < -0.3 is 19.4 Å². The lowest BCUT2D eigenvalue weighted by atomic mass is 10.1. The molecule has 0 radical (unpaired) electrons. The van der Waals surface area contributed by atoms with Crippen molar-refractivity contribution in [2.24, 2.45) is 0 Å². The molecule has 3 fully saturated rings. The summed E-state index contributed by atoms with van der Waals surface area (Å²) in [6, 6.07) is 2.22. The third-order valence-electron chi connectivity index (χ3n) is 5.60. The van der Waals surface area contributed by atoms with E-state index in [4.69, 9.17) is 14.7 Å². The minimum atomic E-state index is -0.161. The first-order valence-electron chi connectivity index (χ1n) is 9.45. The summed E-state index contributed by atoms with van der Waals surface area (Å²) in [5, 5.41) is 0. The third-order valence-corrected chi connectivity index (χ3v) is 5.60. The van der Waals surface area contributed by atoms with E-state index in [1.165, 1.54) is 0 Å². The van der Waals surface area contributed by atoms with Gasteiger partial charge in [0.25, 0.3) is 0 Å². The van der Waals surface area contributed by atoms with E-state index in [1.54, 1.807) is 0 Å². The zero-order chi connectivity index (χ0) is 17.4. The fourth-order valence-corrected chi connectivity index (χ4v) is 4.07. The van der Waals surface area contributed by atoms with Crippen LogP contribution in [0.15, 0.2) is 6.07 Å². The molecule has 0 N–H and O–H groups in total. The molecule has 1 aromatic heterocycles. The number of morpholine rings is 1. The molecule has 0 unspecified atom stereocenters. The van der Waals surface area contributed by atoms with Crippen molar-refractivity contribution in [1.29, 1.82) is 0 Å². The number of carbonyl (C=O) groups excluding carboxylic acids is 1. The minimum Gasteiger partial charge on any atom is -0.378 e. The fourth-order valence-electron chi connectivity index (χ4n) is 4.07. The molecule has 2 atom stereocenters. The molecule has 4 rings (SSSR count). The maximum atomic E-state index is 12.7. The van der Waals surface area contributed by atoms with Crippen LogP contribution in [-0.4, -0.2) is 72.3 Å². The van der Waals surface area contributed by atoms with Gasteiger partial charge in [-0.15, -0.1) is 0 Å². The molecular weight excluding hydrogens is 318 g/mol. The Labute approximate surface area is 149 Å². The van der Waals surface area contributed by atoms with Crippen LogP contribution in [0.5, 0.6) is 0 Å². The van der Waals surface area contributed by atoms with Crippen LogP contribution in [0, 0.1) is 0 Å². The molecule has 0 aromatic carbocycles. The van der Waals surface area contributed by atoms with Crippen LogP contribution in [-0.2, 0) is 16.0 Å². The first-order chi connectivity index (χ1) is 12.2. The standard InChI is InChI=1S/C18H27N5O2/c1-3-14-11-16(20-18(19-14)21-7-9-25-10-8-21)23-12-15-5-4-6-22(15)17(24)13(23)2/h11,13,15H,3-10,12H2,1-2H3/t13-,15+/m1/s1. The molecule has 0 aliphatic carbocycles. The number of hydrogen-bond donors (Lipinski definition) is 0. The van der Waals surface area contributed by atoms with Gasteiger partial charge in [0.05, 0.1) is 13.2 Å². The van der Waals surface area contributed by atoms with E-state index < -0.39 is 0 Å². The predicted molar refractivity (Wildman–Crippen MR) is 96.0 cm³/mol. The predicted octanol–water partition coefficient (Wildman–Crippen LogP) is 1.08. The van der Waals surface area contributed by atoms with Crippen molar-refractivity contribution in [2.75, 3.05) is 49.2 Å². The van der Waals surface area contributed by atoms with Crippen molar-refractivity contribution in [1.82, 2.24) is 14.9 Å². The molecule has 1 aromatic rings. The second-order valence-corrected chi connectivity index (χ2v) is 7.13. The van der Waals surface area contributed by atoms with E-state index in [0.29, 0.717) is 19.3 Å². The van der Waals surface area contributed by atoms with Crippen LogP contribution in [0.3, 0.4) is 0 Å². The topological polar surface area (TPSA) is 61.8 Å². The lowest BCUT2D eigenvalue weighted by molar-refractivity contribution is -0.134. The molecule has 4 heterocycles. The number of piperazine rings is 1. The summed E-state index contributed by atoms with van der Waals surface area (Å²) in [5.74, 6) is 1.89. The van der Waals surface area contributed by atoms with Crippen LogP contribution >= 0.6 is 0 Å². The minimum absolute atomic E-state index is 0.161. The summed E-state index contributed by atoms with van der Waals surface area (Å²) in [6.07, 6.45) is 3.07. The van der Waals surface area contributed by atoms with E-state index in [-0.39, 0.29) is 11.9 Å². The van der Waals surface area contributed by atoms with Crippen LogP contribution < -0.4 is 9.80 Å². The summed E-state index contributed by atoms with van der Waals surface area (Å²) < 4.78 is 5.44. The normalized spacial score (nSPS) is 27.0. The largest absolute Gasteiger partial charge is 0.378 e. The fraction of sp³-hybridized carbons (Fsp3) is 0.722. The van der Waals surface area contributed by atoms with Gasteiger partial charge in [0, 0.05) is 44.0 Å². The number of aryl methyl sites for hydroxylation is 1. The molecular formula is C18H27N5O2. The number of amides is 1. The van der Waals surface area contributed by atoms with Gasteiger partial charge in [-0.3, -0.25) is 4.79 Å². The Morgan fingerprint density at radius 2 is 2.00 bits per heavy atom. The zero-order valence-corrected chi connectivity index (χ0v) is 15.1. The zero-order valence-electron chi connectivity index (χ0n) is 15.1. The third kappa shape index (κ3) is 3.05. The van der Waals surface area contributed by atoms with Gasteiger partial charge in [0.1, 0.15) is 11.9 Å². The number of hydrogen-bond acceptors (Lipinski definition) is 6. The lowest BCUT2D eigenvalue weighted by Gasteiger charge is -2.42. The van der Waals surface area contributed by atoms with E-state index >= 15 is 0 Å². The lowest BCUT2D eigenvalue weighted by Crippen LogP contribution is -2.59. The second kappa shape index (κ2) is 6.78.